The van der Waals surface area contributed by atoms with Crippen molar-refractivity contribution in [2.45, 2.75) is 6.92 Å². The molecule has 1 aromatic heterocycles. The average Bonchev–Trinajstić information content (AvgIpc) is 2.52. The largest absolute Gasteiger partial charge is 1.00 e. The fraction of sp³-hybridized carbons (Fsp3) is 0.118. The van der Waals surface area contributed by atoms with Crippen LogP contribution in [0.4, 0.5) is 0 Å². The number of phenolic OH excluding ortho intramolecular Hbond substituents is 1. The second kappa shape index (κ2) is 7.61. The molecule has 0 bridgehead atoms. The Kier molecular flexibility index (Phi) is 5.77. The van der Waals surface area contributed by atoms with Crippen molar-refractivity contribution < 1.29 is 49.3 Å². The zero-order valence-corrected chi connectivity index (χ0v) is 15.3. The fourth-order valence-electron chi connectivity index (χ4n) is 2.25. The molecule has 1 N–H and O–H groups in total. The molecule has 0 amide bonds. The molecule has 0 aliphatic rings. The number of nitrogens with zero attached hydrogens (tertiary/aromatic N) is 2. The van der Waals surface area contributed by atoms with E-state index < -0.39 is 12.6 Å². The van der Waals surface area contributed by atoms with Crippen molar-refractivity contribution in [3.05, 3.63) is 48.2 Å². The van der Waals surface area contributed by atoms with Crippen LogP contribution in [0.5, 0.6) is 11.6 Å². The quantitative estimate of drug-likeness (QED) is 0.581. The third-order valence-electron chi connectivity index (χ3n) is 3.25. The topological polar surface area (TPSA) is 95.4 Å². The molecule has 7 heteroatoms. The summed E-state index contributed by atoms with van der Waals surface area (Å²) < 4.78 is 5.07. The molecule has 0 spiro atoms. The van der Waals surface area contributed by atoms with E-state index in [2.05, 4.69) is 9.97 Å². The summed E-state index contributed by atoms with van der Waals surface area (Å²) in [6.07, 6.45) is 0. The van der Waals surface area contributed by atoms with Crippen LogP contribution in [0, 0.1) is 6.92 Å². The summed E-state index contributed by atoms with van der Waals surface area (Å²) in [6.45, 7) is 1.21. The van der Waals surface area contributed by atoms with E-state index in [1.165, 1.54) is 0 Å². The van der Waals surface area contributed by atoms with E-state index in [-0.39, 0.29) is 41.2 Å². The molecule has 2 aromatic carbocycles. The zero-order chi connectivity index (χ0) is 16.4. The van der Waals surface area contributed by atoms with Gasteiger partial charge in [0.25, 0.3) is 0 Å². The van der Waals surface area contributed by atoms with Crippen LogP contribution in [0.15, 0.2) is 42.5 Å². The number of fused-ring (bicyclic) bond motifs is 1. The zero-order valence-electron chi connectivity index (χ0n) is 13.3. The van der Waals surface area contributed by atoms with Crippen LogP contribution in [0.2, 0.25) is 0 Å². The van der Waals surface area contributed by atoms with Crippen molar-refractivity contribution in [1.82, 2.24) is 9.97 Å². The Morgan fingerprint density at radius 3 is 2.58 bits per heavy atom. The second-order valence-corrected chi connectivity index (χ2v) is 5.08. The molecule has 0 saturated carbocycles. The van der Waals surface area contributed by atoms with Gasteiger partial charge in [0, 0.05) is 17.3 Å². The standard InChI is InChI=1S/C17H14N2O4.Na/c1-10-6-15(23-9-16(21)22)19-17(18-10)13-3-2-12-8-14(20)5-4-11(12)7-13;/h2-8,20H,9H2,1H3,(H,21,22);/q;+1/p-1. The van der Waals surface area contributed by atoms with Crippen molar-refractivity contribution in [3.8, 4) is 23.0 Å². The van der Waals surface area contributed by atoms with Crippen molar-refractivity contribution in [3.63, 3.8) is 0 Å². The molecule has 1 heterocycles. The van der Waals surface area contributed by atoms with Crippen molar-refractivity contribution in [2.75, 3.05) is 6.61 Å². The number of ether oxygens (including phenoxy) is 1. The minimum atomic E-state index is -1.31. The summed E-state index contributed by atoms with van der Waals surface area (Å²) in [7, 11) is 0. The first-order valence-electron chi connectivity index (χ1n) is 6.93. The summed E-state index contributed by atoms with van der Waals surface area (Å²) in [5.41, 5.74) is 1.43. The van der Waals surface area contributed by atoms with Crippen molar-refractivity contribution in [1.29, 1.82) is 0 Å². The number of aromatic hydroxyl groups is 1. The van der Waals surface area contributed by atoms with Gasteiger partial charge < -0.3 is 19.7 Å². The normalized spacial score (nSPS) is 10.2. The molecule has 3 aromatic rings. The number of rotatable bonds is 4. The number of carboxylic acids is 1. The van der Waals surface area contributed by atoms with Gasteiger partial charge in [-0.3, -0.25) is 0 Å². The van der Waals surface area contributed by atoms with Crippen LogP contribution < -0.4 is 39.4 Å². The number of carbonyl (C=O) groups is 1. The maximum absolute atomic E-state index is 10.5. The Bertz CT molecular complexity index is 899. The van der Waals surface area contributed by atoms with E-state index in [0.717, 1.165) is 16.3 Å². The number of aliphatic carboxylic acids is 1. The average molecular weight is 332 g/mol. The number of hydrogen-bond acceptors (Lipinski definition) is 6. The van der Waals surface area contributed by atoms with Gasteiger partial charge in [0.05, 0.1) is 5.97 Å². The van der Waals surface area contributed by atoms with Gasteiger partial charge in [-0.15, -0.1) is 0 Å². The van der Waals surface area contributed by atoms with E-state index in [1.807, 2.05) is 18.2 Å². The molecule has 24 heavy (non-hydrogen) atoms. The number of phenols is 1. The molecule has 0 atom stereocenters. The van der Waals surface area contributed by atoms with Gasteiger partial charge in [0.1, 0.15) is 12.4 Å². The molecule has 0 aliphatic heterocycles. The predicted molar refractivity (Wildman–Crippen MR) is 81.9 cm³/mol. The summed E-state index contributed by atoms with van der Waals surface area (Å²) in [6, 6.07) is 12.2. The first-order valence-corrected chi connectivity index (χ1v) is 6.93. The van der Waals surface area contributed by atoms with E-state index >= 15 is 0 Å². The first kappa shape index (κ1) is 18.2. The van der Waals surface area contributed by atoms with Crippen LogP contribution in [0.1, 0.15) is 5.69 Å². The molecular formula is C17H13N2NaO4. The van der Waals surface area contributed by atoms with Crippen molar-refractivity contribution >= 4 is 16.7 Å². The Morgan fingerprint density at radius 2 is 1.83 bits per heavy atom. The van der Waals surface area contributed by atoms with Gasteiger partial charge in [0.2, 0.25) is 5.88 Å². The summed E-state index contributed by atoms with van der Waals surface area (Å²) >= 11 is 0. The minimum Gasteiger partial charge on any atom is -0.546 e. The second-order valence-electron chi connectivity index (χ2n) is 5.08. The molecule has 116 valence electrons. The molecule has 6 nitrogen and oxygen atoms in total. The number of carboxylic acid groups (broad SMARTS) is 1. The summed E-state index contributed by atoms with van der Waals surface area (Å²) in [4.78, 5) is 19.1. The Labute approximate surface area is 160 Å². The summed E-state index contributed by atoms with van der Waals surface area (Å²) in [5.74, 6) is -0.487. The van der Waals surface area contributed by atoms with Crippen LogP contribution >= 0.6 is 0 Å². The first-order chi connectivity index (χ1) is 11.0. The van der Waals surface area contributed by atoms with Crippen molar-refractivity contribution in [2.24, 2.45) is 0 Å². The van der Waals surface area contributed by atoms with E-state index in [0.29, 0.717) is 11.5 Å². The van der Waals surface area contributed by atoms with Gasteiger partial charge in [-0.05, 0) is 35.9 Å². The van der Waals surface area contributed by atoms with E-state index in [1.54, 1.807) is 31.2 Å². The SMILES string of the molecule is Cc1cc(OCC(=O)[O-])nc(-c2ccc3cc(O)ccc3c2)n1.[Na+]. The van der Waals surface area contributed by atoms with Gasteiger partial charge in [-0.1, -0.05) is 18.2 Å². The monoisotopic (exact) mass is 332 g/mol. The summed E-state index contributed by atoms with van der Waals surface area (Å²) in [5, 5.41) is 21.8. The van der Waals surface area contributed by atoms with Crippen LogP contribution in [-0.4, -0.2) is 27.7 Å². The van der Waals surface area contributed by atoms with Crippen LogP contribution in [0.25, 0.3) is 22.2 Å². The molecule has 0 saturated heterocycles. The molecule has 0 fully saturated rings. The van der Waals surface area contributed by atoms with Crippen LogP contribution in [0.3, 0.4) is 0 Å². The fourth-order valence-corrected chi connectivity index (χ4v) is 2.25. The molecule has 3 rings (SSSR count). The maximum atomic E-state index is 10.5. The van der Waals surface area contributed by atoms with E-state index in [9.17, 15) is 15.0 Å². The number of benzene rings is 2. The Balaban J connectivity index is 0.00000208. The van der Waals surface area contributed by atoms with Gasteiger partial charge in [-0.25, -0.2) is 4.98 Å². The van der Waals surface area contributed by atoms with E-state index in [4.69, 9.17) is 4.74 Å². The maximum Gasteiger partial charge on any atom is 1.00 e. The smallest absolute Gasteiger partial charge is 0.546 e. The minimum absolute atomic E-state index is 0. The molecule has 0 aliphatic carbocycles. The Morgan fingerprint density at radius 1 is 1.12 bits per heavy atom. The van der Waals surface area contributed by atoms with Gasteiger partial charge >= 0.3 is 29.6 Å². The number of carbonyl (C=O) groups excluding carboxylic acids is 1. The molecule has 0 unspecified atom stereocenters. The molecule has 0 radical (unpaired) electrons. The van der Waals surface area contributed by atoms with Crippen LogP contribution in [-0.2, 0) is 4.79 Å². The van der Waals surface area contributed by atoms with Gasteiger partial charge in [0.15, 0.2) is 5.82 Å². The third kappa shape index (κ3) is 4.23. The molecular weight excluding hydrogens is 319 g/mol. The van der Waals surface area contributed by atoms with Gasteiger partial charge in [-0.2, -0.15) is 4.98 Å². The third-order valence-corrected chi connectivity index (χ3v) is 3.25. The number of hydrogen-bond donors (Lipinski definition) is 1. The predicted octanol–water partition coefficient (Wildman–Crippen LogP) is -1.56. The number of aromatic nitrogens is 2. The number of aryl methyl sites for hydroxylation is 1. The Hall–Kier alpha value is -2.15.